The first-order chi connectivity index (χ1) is 32.3. The lowest BCUT2D eigenvalue weighted by molar-refractivity contribution is -0.136. The Balaban J connectivity index is 0.650. The van der Waals surface area contributed by atoms with Crippen LogP contribution < -0.4 is 15.1 Å². The smallest absolute Gasteiger partial charge is 0.255 e. The van der Waals surface area contributed by atoms with Gasteiger partial charge in [-0.1, -0.05) is 61.4 Å². The lowest BCUT2D eigenvalue weighted by Crippen LogP contribution is -2.52. The Morgan fingerprint density at radius 1 is 0.606 bits per heavy atom. The molecular weight excluding hydrogens is 821 g/mol. The van der Waals surface area contributed by atoms with Crippen LogP contribution in [0.5, 0.6) is 5.75 Å². The van der Waals surface area contributed by atoms with Crippen LogP contribution >= 0.6 is 0 Å². The van der Waals surface area contributed by atoms with Crippen molar-refractivity contribution in [2.24, 2.45) is 17.3 Å². The predicted octanol–water partition coefficient (Wildman–Crippen LogP) is 8.33. The number of likely N-dealkylation sites (tertiary alicyclic amines) is 1. The molecule has 66 heavy (non-hydrogen) atoms. The van der Waals surface area contributed by atoms with Gasteiger partial charge in [-0.05, 0) is 164 Å². The molecule has 10 nitrogen and oxygen atoms in total. The van der Waals surface area contributed by atoms with Gasteiger partial charge in [-0.15, -0.1) is 0 Å². The fraction of sp³-hybridized carbons (Fsp3) is 0.518. The van der Waals surface area contributed by atoms with E-state index in [2.05, 4.69) is 97.7 Å². The van der Waals surface area contributed by atoms with E-state index in [4.69, 9.17) is 0 Å². The maximum absolute atomic E-state index is 13.3. The SMILES string of the molecule is O=C1CCC(N2Cc3cc(N4CCN(C[C@@H]5CCCC[C@H]5CN5CCC6(CC5)CCN(c5ccc(C7c8ccc(O)cc8CCC7c7ccccc7)cc5)CC6)CC4)ccc3C2=O)C(=O)N1. The standard InChI is InChI=1S/C56H68N6O4/c63-47-16-19-49-41(35-47)12-17-48(39-6-2-1-3-7-39)53(49)40-10-13-45(14-11-40)60-28-24-56(25-29-60)22-26-58(27-23-56)36-42-8-4-5-9-43(42)37-59-30-32-61(33-31-59)46-15-18-50-44(34-46)38-62(55(50)66)51-20-21-52(64)57-54(51)65/h1-3,6-7,10-11,13-16,18-19,34-35,42-43,48,51,53,63H,4-5,8-9,12,17,20-33,36-38H2,(H,57,64,65)/t42-,43-,48?,51?,53?/m0/s1. The molecule has 10 heteroatoms. The van der Waals surface area contributed by atoms with Crippen LogP contribution in [0, 0.1) is 17.3 Å². The quantitative estimate of drug-likeness (QED) is 0.162. The molecule has 2 aliphatic carbocycles. The average Bonchev–Trinajstić information content (AvgIpc) is 3.68. The third-order valence-electron chi connectivity index (χ3n) is 17.5. The molecule has 5 aliphatic heterocycles. The Hall–Kier alpha value is -5.19. The molecule has 346 valence electrons. The van der Waals surface area contributed by atoms with E-state index in [1.807, 2.05) is 18.2 Å². The van der Waals surface area contributed by atoms with E-state index in [0.717, 1.165) is 75.2 Å². The summed E-state index contributed by atoms with van der Waals surface area (Å²) in [5, 5.41) is 12.7. The van der Waals surface area contributed by atoms with Crippen molar-refractivity contribution in [1.29, 1.82) is 0 Å². The monoisotopic (exact) mass is 889 g/mol. The van der Waals surface area contributed by atoms with E-state index in [1.165, 1.54) is 105 Å². The van der Waals surface area contributed by atoms with Gasteiger partial charge in [-0.25, -0.2) is 0 Å². The lowest BCUT2D eigenvalue weighted by Gasteiger charge is -2.48. The first kappa shape index (κ1) is 43.4. The van der Waals surface area contributed by atoms with E-state index >= 15 is 0 Å². The first-order valence-corrected chi connectivity index (χ1v) is 25.4. The number of anilines is 2. The highest BCUT2D eigenvalue weighted by Crippen LogP contribution is 2.48. The fourth-order valence-corrected chi connectivity index (χ4v) is 13.5. The third-order valence-corrected chi connectivity index (χ3v) is 17.5. The number of carbonyl (C=O) groups is 3. The minimum Gasteiger partial charge on any atom is -0.508 e. The van der Waals surface area contributed by atoms with E-state index in [9.17, 15) is 19.5 Å². The molecule has 5 atom stereocenters. The Labute approximate surface area is 391 Å². The van der Waals surface area contributed by atoms with E-state index < -0.39 is 6.04 Å². The fourth-order valence-electron chi connectivity index (χ4n) is 13.5. The minimum atomic E-state index is -0.579. The number of phenolic OH excluding ortho intramolecular Hbond substituents is 1. The van der Waals surface area contributed by atoms with Crippen LogP contribution in [0.2, 0.25) is 0 Å². The lowest BCUT2D eigenvalue weighted by atomic mass is 9.69. The van der Waals surface area contributed by atoms with Gasteiger partial charge in [0.1, 0.15) is 11.8 Å². The Kier molecular flexibility index (Phi) is 12.1. The molecule has 4 aromatic rings. The Morgan fingerprint density at radius 3 is 1.98 bits per heavy atom. The molecule has 0 bridgehead atoms. The van der Waals surface area contributed by atoms with Crippen molar-refractivity contribution < 1.29 is 19.5 Å². The Bertz CT molecular complexity index is 2400. The zero-order chi connectivity index (χ0) is 44.8. The number of nitrogens with zero attached hydrogens (tertiary/aromatic N) is 5. The highest BCUT2D eigenvalue weighted by atomic mass is 16.3. The number of amides is 3. The van der Waals surface area contributed by atoms with Crippen molar-refractivity contribution in [3.63, 3.8) is 0 Å². The molecule has 2 N–H and O–H groups in total. The number of piperazine rings is 1. The van der Waals surface area contributed by atoms with Gasteiger partial charge in [0.2, 0.25) is 11.8 Å². The highest BCUT2D eigenvalue weighted by Gasteiger charge is 2.41. The topological polar surface area (TPSA) is 99.7 Å². The predicted molar refractivity (Wildman–Crippen MR) is 260 cm³/mol. The molecule has 5 heterocycles. The van der Waals surface area contributed by atoms with E-state index in [-0.39, 0.29) is 30.1 Å². The van der Waals surface area contributed by atoms with Crippen molar-refractivity contribution in [3.05, 3.63) is 124 Å². The molecule has 5 fully saturated rings. The molecular formula is C56H68N6O4. The number of rotatable bonds is 9. The number of piperidine rings is 3. The second-order valence-corrected chi connectivity index (χ2v) is 21.1. The van der Waals surface area contributed by atoms with Crippen molar-refractivity contribution in [2.45, 2.75) is 101 Å². The van der Waals surface area contributed by atoms with Gasteiger partial charge in [0.15, 0.2) is 0 Å². The normalized spacial score (nSPS) is 27.2. The van der Waals surface area contributed by atoms with Crippen LogP contribution in [0.3, 0.4) is 0 Å². The summed E-state index contributed by atoms with van der Waals surface area (Å²) in [7, 11) is 0. The molecule has 0 radical (unpaired) electrons. The zero-order valence-electron chi connectivity index (χ0n) is 38.7. The van der Waals surface area contributed by atoms with Crippen molar-refractivity contribution in [2.75, 3.05) is 75.2 Å². The molecule has 4 aromatic carbocycles. The summed E-state index contributed by atoms with van der Waals surface area (Å²) < 4.78 is 0. The summed E-state index contributed by atoms with van der Waals surface area (Å²) in [6, 6.07) is 32.2. The molecule has 1 saturated carbocycles. The molecule has 7 aliphatic rings. The molecule has 1 spiro atoms. The largest absolute Gasteiger partial charge is 0.508 e. The summed E-state index contributed by atoms with van der Waals surface area (Å²) in [6.07, 6.45) is 13.5. The van der Waals surface area contributed by atoms with Crippen molar-refractivity contribution in [3.8, 4) is 5.75 Å². The molecule has 3 amide bonds. The summed E-state index contributed by atoms with van der Waals surface area (Å²) in [4.78, 5) is 49.8. The number of hydrogen-bond donors (Lipinski definition) is 2. The minimum absolute atomic E-state index is 0.107. The number of phenols is 1. The molecule has 11 rings (SSSR count). The first-order valence-electron chi connectivity index (χ1n) is 25.4. The second kappa shape index (κ2) is 18.5. The molecule has 3 unspecified atom stereocenters. The van der Waals surface area contributed by atoms with Gasteiger partial charge in [-0.2, -0.15) is 0 Å². The number of nitrogens with one attached hydrogen (secondary N) is 1. The number of aromatic hydroxyl groups is 1. The summed E-state index contributed by atoms with van der Waals surface area (Å²) in [5.74, 6) is 1.90. The van der Waals surface area contributed by atoms with Crippen LogP contribution in [0.25, 0.3) is 0 Å². The summed E-state index contributed by atoms with van der Waals surface area (Å²) in [5.41, 5.74) is 10.1. The van der Waals surface area contributed by atoms with E-state index in [1.54, 1.807) is 4.90 Å². The van der Waals surface area contributed by atoms with Crippen LogP contribution in [-0.2, 0) is 22.6 Å². The number of carbonyl (C=O) groups excluding carboxylic acids is 3. The van der Waals surface area contributed by atoms with Crippen LogP contribution in [0.1, 0.15) is 121 Å². The van der Waals surface area contributed by atoms with Gasteiger partial charge in [-0.3, -0.25) is 24.6 Å². The van der Waals surface area contributed by atoms with E-state index in [0.29, 0.717) is 35.6 Å². The van der Waals surface area contributed by atoms with Gasteiger partial charge < -0.3 is 24.7 Å². The zero-order valence-corrected chi connectivity index (χ0v) is 38.7. The summed E-state index contributed by atoms with van der Waals surface area (Å²) in [6.45, 7) is 11.8. The molecule has 4 saturated heterocycles. The van der Waals surface area contributed by atoms with Crippen molar-refractivity contribution in [1.82, 2.24) is 20.0 Å². The number of fused-ring (bicyclic) bond motifs is 2. The average molecular weight is 889 g/mol. The maximum Gasteiger partial charge on any atom is 0.255 e. The number of imide groups is 1. The number of benzene rings is 4. The van der Waals surface area contributed by atoms with Gasteiger partial charge in [0.05, 0.1) is 0 Å². The van der Waals surface area contributed by atoms with Crippen LogP contribution in [-0.4, -0.2) is 109 Å². The number of aryl methyl sites for hydroxylation is 1. The second-order valence-electron chi connectivity index (χ2n) is 21.1. The number of hydrogen-bond acceptors (Lipinski definition) is 8. The van der Waals surface area contributed by atoms with Crippen molar-refractivity contribution >= 4 is 29.1 Å². The molecule has 0 aromatic heterocycles. The summed E-state index contributed by atoms with van der Waals surface area (Å²) >= 11 is 0. The highest BCUT2D eigenvalue weighted by molar-refractivity contribution is 6.05. The van der Waals surface area contributed by atoms with Gasteiger partial charge in [0.25, 0.3) is 5.91 Å². The third kappa shape index (κ3) is 8.76. The van der Waals surface area contributed by atoms with Crippen LogP contribution in [0.15, 0.2) is 91.0 Å². The van der Waals surface area contributed by atoms with Gasteiger partial charge in [0, 0.05) is 88.2 Å². The Morgan fingerprint density at radius 2 is 1.27 bits per heavy atom. The maximum atomic E-state index is 13.3. The van der Waals surface area contributed by atoms with Gasteiger partial charge >= 0.3 is 0 Å². The van der Waals surface area contributed by atoms with Crippen LogP contribution in [0.4, 0.5) is 11.4 Å².